The minimum Gasteiger partial charge on any atom is -0.495 e. The van der Waals surface area contributed by atoms with Crippen LogP contribution in [-0.2, 0) is 17.8 Å². The number of nitrogens with one attached hydrogen (secondary N) is 2. The van der Waals surface area contributed by atoms with Crippen molar-refractivity contribution in [3.8, 4) is 5.75 Å². The van der Waals surface area contributed by atoms with Crippen molar-refractivity contribution in [2.24, 2.45) is 0 Å². The largest absolute Gasteiger partial charge is 0.495 e. The van der Waals surface area contributed by atoms with E-state index in [0.29, 0.717) is 35.1 Å². The molecule has 1 aromatic heterocycles. The van der Waals surface area contributed by atoms with Crippen LogP contribution in [0.25, 0.3) is 11.0 Å². The number of anilines is 1. The van der Waals surface area contributed by atoms with Crippen molar-refractivity contribution in [1.82, 2.24) is 10.4 Å². The predicted octanol–water partition coefficient (Wildman–Crippen LogP) is 3.21. The number of fused-ring (bicyclic) bond motifs is 3. The van der Waals surface area contributed by atoms with E-state index in [9.17, 15) is 9.59 Å². The molecule has 0 spiro atoms. The summed E-state index contributed by atoms with van der Waals surface area (Å²) in [5.74, 6) is 0.613. The first-order chi connectivity index (χ1) is 14.5. The van der Waals surface area contributed by atoms with Crippen molar-refractivity contribution in [3.05, 3.63) is 58.3 Å². The fourth-order valence-electron chi connectivity index (χ4n) is 3.62. The van der Waals surface area contributed by atoms with Crippen LogP contribution in [0.4, 0.5) is 5.69 Å². The highest BCUT2D eigenvalue weighted by atomic mass is 35.5. The molecular formula is C21H20ClN3O5. The fourth-order valence-corrected chi connectivity index (χ4v) is 3.86. The van der Waals surface area contributed by atoms with Crippen molar-refractivity contribution < 1.29 is 24.0 Å². The Morgan fingerprint density at radius 3 is 2.73 bits per heavy atom. The first kappa shape index (κ1) is 20.2. The first-order valence-corrected chi connectivity index (χ1v) is 9.70. The van der Waals surface area contributed by atoms with E-state index in [1.54, 1.807) is 30.8 Å². The second-order valence-electron chi connectivity index (χ2n) is 7.01. The molecule has 0 bridgehead atoms. The lowest BCUT2D eigenvalue weighted by Gasteiger charge is -2.25. The van der Waals surface area contributed by atoms with Crippen LogP contribution in [0, 0.1) is 0 Å². The van der Waals surface area contributed by atoms with Gasteiger partial charge in [0.2, 0.25) is 5.91 Å². The highest BCUT2D eigenvalue weighted by molar-refractivity contribution is 6.32. The van der Waals surface area contributed by atoms with Crippen molar-refractivity contribution >= 4 is 40.1 Å². The van der Waals surface area contributed by atoms with Crippen LogP contribution >= 0.6 is 11.6 Å². The number of ether oxygens (including phenoxy) is 1. The topological polar surface area (TPSA) is 104 Å². The third-order valence-corrected chi connectivity index (χ3v) is 5.39. The summed E-state index contributed by atoms with van der Waals surface area (Å²) in [6, 6.07) is 9.89. The first-order valence-electron chi connectivity index (χ1n) is 9.33. The molecular weight excluding hydrogens is 410 g/mol. The van der Waals surface area contributed by atoms with Crippen molar-refractivity contribution in [2.75, 3.05) is 25.5 Å². The quantitative estimate of drug-likeness (QED) is 0.425. The number of nitrogens with zero attached hydrogens (tertiary/aromatic N) is 1. The van der Waals surface area contributed by atoms with Crippen LogP contribution in [0.1, 0.15) is 21.7 Å². The summed E-state index contributed by atoms with van der Waals surface area (Å²) >= 11 is 6.25. The minimum atomic E-state index is -0.610. The van der Waals surface area contributed by atoms with Crippen LogP contribution in [0.2, 0.25) is 5.02 Å². The van der Waals surface area contributed by atoms with Gasteiger partial charge in [-0.15, -0.1) is 0 Å². The van der Waals surface area contributed by atoms with Crippen LogP contribution in [0.15, 0.2) is 40.8 Å². The molecule has 0 unspecified atom stereocenters. The van der Waals surface area contributed by atoms with Gasteiger partial charge in [0, 0.05) is 34.8 Å². The Hall–Kier alpha value is -3.07. The zero-order valence-corrected chi connectivity index (χ0v) is 17.0. The summed E-state index contributed by atoms with van der Waals surface area (Å²) in [6.07, 6.45) is 0.753. The minimum absolute atomic E-state index is 0.168. The number of carbonyl (C=O) groups is 2. The molecule has 0 aliphatic carbocycles. The third-order valence-electron chi connectivity index (χ3n) is 5.09. The Bertz CT molecular complexity index is 1110. The molecule has 0 saturated carbocycles. The molecule has 0 radical (unpaired) electrons. The van der Waals surface area contributed by atoms with E-state index in [4.69, 9.17) is 26.0 Å². The van der Waals surface area contributed by atoms with E-state index >= 15 is 0 Å². The zero-order chi connectivity index (χ0) is 21.3. The number of hydrogen-bond donors (Lipinski definition) is 3. The molecule has 0 saturated heterocycles. The molecule has 30 heavy (non-hydrogen) atoms. The molecule has 4 rings (SSSR count). The molecule has 1 aliphatic heterocycles. The predicted molar refractivity (Wildman–Crippen MR) is 111 cm³/mol. The van der Waals surface area contributed by atoms with Gasteiger partial charge >= 0.3 is 0 Å². The molecule has 2 heterocycles. The van der Waals surface area contributed by atoms with E-state index in [1.165, 1.54) is 12.1 Å². The Balaban J connectivity index is 1.41. The van der Waals surface area contributed by atoms with E-state index in [1.807, 2.05) is 11.0 Å². The van der Waals surface area contributed by atoms with Crippen LogP contribution in [0.3, 0.4) is 0 Å². The number of amides is 2. The smallest absolute Gasteiger partial charge is 0.274 e. The van der Waals surface area contributed by atoms with Gasteiger partial charge in [-0.3, -0.25) is 19.7 Å². The number of benzene rings is 2. The van der Waals surface area contributed by atoms with Gasteiger partial charge in [0.05, 0.1) is 25.2 Å². The lowest BCUT2D eigenvalue weighted by atomic mass is 10.0. The van der Waals surface area contributed by atoms with Crippen LogP contribution < -0.4 is 15.5 Å². The average molecular weight is 430 g/mol. The summed E-state index contributed by atoms with van der Waals surface area (Å²) < 4.78 is 11.2. The second kappa shape index (κ2) is 8.35. The maximum atomic E-state index is 12.4. The number of hydrogen-bond acceptors (Lipinski definition) is 6. The van der Waals surface area contributed by atoms with Gasteiger partial charge in [-0.25, -0.2) is 5.48 Å². The lowest BCUT2D eigenvalue weighted by Crippen LogP contribution is -2.36. The summed E-state index contributed by atoms with van der Waals surface area (Å²) in [4.78, 5) is 25.8. The highest BCUT2D eigenvalue weighted by Gasteiger charge is 2.25. The van der Waals surface area contributed by atoms with Gasteiger partial charge in [0.1, 0.15) is 17.1 Å². The summed E-state index contributed by atoms with van der Waals surface area (Å²) in [5.41, 5.74) is 4.26. The standard InChI is InChI=1S/C21H20ClN3O5/c1-29-18-9-17-15(8-16(18)22)14-6-7-25(10-19(14)30-17)11-20(26)23-13-4-2-12(3-5-13)21(27)24-28/h2-5,8-9,28H,6-7,10-11H2,1H3,(H,23,26)(H,24,27). The molecule has 3 N–H and O–H groups in total. The molecule has 3 aromatic rings. The second-order valence-corrected chi connectivity index (χ2v) is 7.42. The number of halogens is 1. The number of furan rings is 1. The molecule has 0 fully saturated rings. The maximum absolute atomic E-state index is 12.4. The Morgan fingerprint density at radius 1 is 1.27 bits per heavy atom. The summed E-state index contributed by atoms with van der Waals surface area (Å²) in [7, 11) is 1.56. The molecule has 156 valence electrons. The lowest BCUT2D eigenvalue weighted by molar-refractivity contribution is -0.117. The number of hydroxylamine groups is 1. The Morgan fingerprint density at radius 2 is 2.03 bits per heavy atom. The SMILES string of the molecule is COc1cc2oc3c(c2cc1Cl)CCN(CC(=O)Nc1ccc(C(=O)NO)cc1)C3. The van der Waals surface area contributed by atoms with E-state index in [-0.39, 0.29) is 12.5 Å². The third kappa shape index (κ3) is 3.97. The van der Waals surface area contributed by atoms with Gasteiger partial charge in [-0.05, 0) is 36.8 Å². The highest BCUT2D eigenvalue weighted by Crippen LogP contribution is 2.36. The van der Waals surface area contributed by atoms with Crippen molar-refractivity contribution in [2.45, 2.75) is 13.0 Å². The maximum Gasteiger partial charge on any atom is 0.274 e. The Kier molecular flexibility index (Phi) is 5.63. The average Bonchev–Trinajstić information content (AvgIpc) is 3.09. The van der Waals surface area contributed by atoms with E-state index < -0.39 is 5.91 Å². The zero-order valence-electron chi connectivity index (χ0n) is 16.2. The van der Waals surface area contributed by atoms with E-state index in [0.717, 1.165) is 28.7 Å². The number of methoxy groups -OCH3 is 1. The molecule has 0 atom stereocenters. The molecule has 1 aliphatic rings. The van der Waals surface area contributed by atoms with Gasteiger partial charge in [0.15, 0.2) is 0 Å². The molecule has 2 aromatic carbocycles. The summed E-state index contributed by atoms with van der Waals surface area (Å²) in [6.45, 7) is 1.45. The number of carbonyl (C=O) groups excluding carboxylic acids is 2. The van der Waals surface area contributed by atoms with Crippen molar-refractivity contribution in [1.29, 1.82) is 0 Å². The Labute approximate surface area is 177 Å². The fraction of sp³-hybridized carbons (Fsp3) is 0.238. The van der Waals surface area contributed by atoms with Crippen molar-refractivity contribution in [3.63, 3.8) is 0 Å². The van der Waals surface area contributed by atoms with Gasteiger partial charge in [-0.2, -0.15) is 0 Å². The van der Waals surface area contributed by atoms with Gasteiger partial charge < -0.3 is 14.5 Å². The number of rotatable bonds is 5. The van der Waals surface area contributed by atoms with Crippen LogP contribution in [0.5, 0.6) is 5.75 Å². The molecule has 8 nitrogen and oxygen atoms in total. The van der Waals surface area contributed by atoms with Crippen LogP contribution in [-0.4, -0.2) is 42.1 Å². The molecule has 9 heteroatoms. The van der Waals surface area contributed by atoms with Gasteiger partial charge in [0.25, 0.3) is 5.91 Å². The monoisotopic (exact) mass is 429 g/mol. The van der Waals surface area contributed by atoms with Gasteiger partial charge in [-0.1, -0.05) is 11.6 Å². The van der Waals surface area contributed by atoms with E-state index in [2.05, 4.69) is 5.32 Å². The normalized spacial score (nSPS) is 13.7. The summed E-state index contributed by atoms with van der Waals surface area (Å²) in [5, 5.41) is 13.0. The molecule has 2 amide bonds.